The van der Waals surface area contributed by atoms with E-state index >= 15 is 0 Å². The van der Waals surface area contributed by atoms with Crippen molar-refractivity contribution >= 4 is 11.4 Å². The van der Waals surface area contributed by atoms with Gasteiger partial charge >= 0.3 is 0 Å². The first-order valence-electron chi connectivity index (χ1n) is 6.08. The van der Waals surface area contributed by atoms with Crippen LogP contribution in [-0.4, -0.2) is 4.92 Å². The van der Waals surface area contributed by atoms with Gasteiger partial charge in [-0.3, -0.25) is 10.1 Å². The smallest absolute Gasteiger partial charge is 0.271 e. The average molecular weight is 267 g/mol. The fourth-order valence-electron chi connectivity index (χ4n) is 1.86. The summed E-state index contributed by atoms with van der Waals surface area (Å²) in [5, 5.41) is 22.8. The van der Waals surface area contributed by atoms with E-state index in [1.807, 2.05) is 19.1 Å². The summed E-state index contributed by atoms with van der Waals surface area (Å²) in [6, 6.07) is 14.0. The van der Waals surface area contributed by atoms with Crippen molar-refractivity contribution in [2.45, 2.75) is 13.5 Å². The van der Waals surface area contributed by atoms with E-state index in [0.717, 1.165) is 16.8 Å². The Bertz CT molecular complexity index is 690. The number of nitro benzene ring substituents is 1. The number of anilines is 1. The van der Waals surface area contributed by atoms with Crippen LogP contribution >= 0.6 is 0 Å². The normalized spacial score (nSPS) is 9.80. The maximum absolute atomic E-state index is 10.8. The Hall–Kier alpha value is -2.87. The van der Waals surface area contributed by atoms with Gasteiger partial charge < -0.3 is 5.32 Å². The lowest BCUT2D eigenvalue weighted by Gasteiger charge is -2.09. The van der Waals surface area contributed by atoms with E-state index in [0.29, 0.717) is 12.1 Å². The van der Waals surface area contributed by atoms with Crippen LogP contribution in [0.15, 0.2) is 42.5 Å². The summed E-state index contributed by atoms with van der Waals surface area (Å²) < 4.78 is 0. The number of non-ortho nitro benzene ring substituents is 1. The van der Waals surface area contributed by atoms with Crippen molar-refractivity contribution < 1.29 is 4.92 Å². The molecule has 0 amide bonds. The van der Waals surface area contributed by atoms with Gasteiger partial charge in [-0.25, -0.2) is 0 Å². The van der Waals surface area contributed by atoms with Crippen LogP contribution in [0.1, 0.15) is 16.7 Å². The van der Waals surface area contributed by atoms with Gasteiger partial charge in [0.05, 0.1) is 16.6 Å². The van der Waals surface area contributed by atoms with Crippen LogP contribution < -0.4 is 5.32 Å². The number of nitrogens with one attached hydrogen (secondary N) is 1. The summed E-state index contributed by atoms with van der Waals surface area (Å²) in [7, 11) is 0. The molecule has 0 spiro atoms. The van der Waals surface area contributed by atoms with Gasteiger partial charge in [-0.15, -0.1) is 0 Å². The van der Waals surface area contributed by atoms with Crippen LogP contribution in [0.5, 0.6) is 0 Å². The zero-order chi connectivity index (χ0) is 14.5. The Morgan fingerprint density at radius 2 is 2.10 bits per heavy atom. The summed E-state index contributed by atoms with van der Waals surface area (Å²) >= 11 is 0. The molecular formula is C15H13N3O2. The second kappa shape index (κ2) is 5.85. The number of hydrogen-bond acceptors (Lipinski definition) is 4. The van der Waals surface area contributed by atoms with Crippen molar-refractivity contribution in [2.24, 2.45) is 0 Å². The Morgan fingerprint density at radius 1 is 1.30 bits per heavy atom. The van der Waals surface area contributed by atoms with E-state index in [-0.39, 0.29) is 5.69 Å². The highest BCUT2D eigenvalue weighted by Gasteiger charge is 2.08. The van der Waals surface area contributed by atoms with Crippen molar-refractivity contribution in [2.75, 3.05) is 5.32 Å². The second-order valence-corrected chi connectivity index (χ2v) is 4.42. The Balaban J connectivity index is 2.16. The molecule has 2 aromatic carbocycles. The highest BCUT2D eigenvalue weighted by molar-refractivity contribution is 5.57. The number of nitro groups is 1. The number of aryl methyl sites for hydroxylation is 1. The van der Waals surface area contributed by atoms with Crippen molar-refractivity contribution in [3.05, 3.63) is 69.3 Å². The Kier molecular flexibility index (Phi) is 3.96. The third-order valence-electron chi connectivity index (χ3n) is 2.97. The fraction of sp³-hybridized carbons (Fsp3) is 0.133. The number of nitrogens with zero attached hydrogens (tertiary/aromatic N) is 2. The van der Waals surface area contributed by atoms with E-state index < -0.39 is 4.92 Å². The number of benzene rings is 2. The highest BCUT2D eigenvalue weighted by Crippen LogP contribution is 2.22. The molecule has 0 bridgehead atoms. The highest BCUT2D eigenvalue weighted by atomic mass is 16.6. The van der Waals surface area contributed by atoms with E-state index in [1.54, 1.807) is 18.2 Å². The summed E-state index contributed by atoms with van der Waals surface area (Å²) in [5.41, 5.74) is 3.27. The fourth-order valence-corrected chi connectivity index (χ4v) is 1.86. The largest absolute Gasteiger partial charge is 0.381 e. The van der Waals surface area contributed by atoms with E-state index in [9.17, 15) is 10.1 Å². The van der Waals surface area contributed by atoms with Crippen LogP contribution in [0.4, 0.5) is 11.4 Å². The summed E-state index contributed by atoms with van der Waals surface area (Å²) in [5.74, 6) is 0. The molecule has 0 heterocycles. The van der Waals surface area contributed by atoms with Gasteiger partial charge in [0.2, 0.25) is 0 Å². The number of hydrogen-bond donors (Lipinski definition) is 1. The van der Waals surface area contributed by atoms with E-state index in [4.69, 9.17) is 5.26 Å². The first-order chi connectivity index (χ1) is 9.60. The number of nitriles is 1. The first kappa shape index (κ1) is 13.6. The van der Waals surface area contributed by atoms with Crippen LogP contribution in [0, 0.1) is 28.4 Å². The molecule has 0 unspecified atom stereocenters. The van der Waals surface area contributed by atoms with Gasteiger partial charge in [-0.05, 0) is 30.2 Å². The molecule has 0 radical (unpaired) electrons. The lowest BCUT2D eigenvalue weighted by atomic mass is 10.1. The van der Waals surface area contributed by atoms with Crippen molar-refractivity contribution in [1.82, 2.24) is 0 Å². The van der Waals surface area contributed by atoms with E-state index in [1.165, 1.54) is 12.1 Å². The van der Waals surface area contributed by atoms with Crippen LogP contribution in [-0.2, 0) is 6.54 Å². The molecule has 0 saturated carbocycles. The molecule has 0 fully saturated rings. The van der Waals surface area contributed by atoms with Crippen LogP contribution in [0.25, 0.3) is 0 Å². The third kappa shape index (κ3) is 3.12. The van der Waals surface area contributed by atoms with Gasteiger partial charge in [0.25, 0.3) is 5.69 Å². The van der Waals surface area contributed by atoms with Gasteiger partial charge in [-0.1, -0.05) is 18.2 Å². The maximum Gasteiger partial charge on any atom is 0.271 e. The molecule has 0 atom stereocenters. The quantitative estimate of drug-likeness (QED) is 0.680. The molecule has 5 nitrogen and oxygen atoms in total. The minimum atomic E-state index is -0.416. The van der Waals surface area contributed by atoms with Gasteiger partial charge in [0.1, 0.15) is 0 Å². The van der Waals surface area contributed by atoms with Crippen LogP contribution in [0.3, 0.4) is 0 Å². The molecule has 0 saturated heterocycles. The predicted octanol–water partition coefficient (Wildman–Crippen LogP) is 3.39. The molecule has 5 heteroatoms. The summed E-state index contributed by atoms with van der Waals surface area (Å²) in [6.45, 7) is 2.40. The van der Waals surface area contributed by atoms with Crippen molar-refractivity contribution in [3.8, 4) is 6.07 Å². The minimum Gasteiger partial charge on any atom is -0.381 e. The lowest BCUT2D eigenvalue weighted by Crippen LogP contribution is -2.02. The SMILES string of the molecule is Cc1ccc([N+](=O)[O-])cc1NCc1cccc(C#N)c1. The van der Waals surface area contributed by atoms with Crippen molar-refractivity contribution in [1.29, 1.82) is 5.26 Å². The molecule has 2 aromatic rings. The lowest BCUT2D eigenvalue weighted by molar-refractivity contribution is -0.384. The molecule has 1 N–H and O–H groups in total. The predicted molar refractivity (Wildman–Crippen MR) is 76.3 cm³/mol. The number of rotatable bonds is 4. The maximum atomic E-state index is 10.8. The molecule has 0 aliphatic heterocycles. The van der Waals surface area contributed by atoms with E-state index in [2.05, 4.69) is 11.4 Å². The van der Waals surface area contributed by atoms with Gasteiger partial charge in [0.15, 0.2) is 0 Å². The molecule has 0 aliphatic rings. The Morgan fingerprint density at radius 3 is 2.80 bits per heavy atom. The third-order valence-corrected chi connectivity index (χ3v) is 2.97. The molecule has 2 rings (SSSR count). The molecule has 20 heavy (non-hydrogen) atoms. The molecule has 0 aromatic heterocycles. The van der Waals surface area contributed by atoms with Gasteiger partial charge in [-0.2, -0.15) is 5.26 Å². The summed E-state index contributed by atoms with van der Waals surface area (Å²) in [6.07, 6.45) is 0. The average Bonchev–Trinajstić information content (AvgIpc) is 2.46. The zero-order valence-corrected chi connectivity index (χ0v) is 11.0. The standard InChI is InChI=1S/C15H13N3O2/c1-11-5-6-14(18(19)20)8-15(11)17-10-13-4-2-3-12(7-13)9-16/h2-8,17H,10H2,1H3. The Labute approximate surface area is 116 Å². The summed E-state index contributed by atoms with van der Waals surface area (Å²) in [4.78, 5) is 10.3. The monoisotopic (exact) mass is 267 g/mol. The molecular weight excluding hydrogens is 254 g/mol. The first-order valence-corrected chi connectivity index (χ1v) is 6.08. The minimum absolute atomic E-state index is 0.0591. The topological polar surface area (TPSA) is 79.0 Å². The van der Waals surface area contributed by atoms with Gasteiger partial charge in [0, 0.05) is 24.4 Å². The van der Waals surface area contributed by atoms with Crippen molar-refractivity contribution in [3.63, 3.8) is 0 Å². The second-order valence-electron chi connectivity index (χ2n) is 4.42. The van der Waals surface area contributed by atoms with Crippen LogP contribution in [0.2, 0.25) is 0 Å². The molecule has 0 aliphatic carbocycles. The zero-order valence-electron chi connectivity index (χ0n) is 11.0. The molecule has 100 valence electrons.